The lowest BCUT2D eigenvalue weighted by Gasteiger charge is -2.27. The maximum atomic E-state index is 12.6. The molecule has 23 heavy (non-hydrogen) atoms. The molecule has 2 aromatic rings. The molecule has 2 atom stereocenters. The van der Waals surface area contributed by atoms with Crippen molar-refractivity contribution in [1.29, 1.82) is 0 Å². The van der Waals surface area contributed by atoms with Crippen molar-refractivity contribution in [2.75, 3.05) is 18.8 Å². The molecule has 0 bridgehead atoms. The minimum absolute atomic E-state index is 0.0185. The minimum atomic E-state index is -0.0185. The summed E-state index contributed by atoms with van der Waals surface area (Å²) in [7, 11) is 0. The Bertz CT molecular complexity index is 731. The first-order valence-corrected chi connectivity index (χ1v) is 9.12. The van der Waals surface area contributed by atoms with Crippen LogP contribution in [0.4, 0.5) is 0 Å². The quantitative estimate of drug-likeness (QED) is 0.912. The van der Waals surface area contributed by atoms with Crippen molar-refractivity contribution in [1.82, 2.24) is 10.6 Å². The van der Waals surface area contributed by atoms with E-state index in [1.165, 1.54) is 21.6 Å². The van der Waals surface area contributed by atoms with Crippen molar-refractivity contribution >= 4 is 17.7 Å². The van der Waals surface area contributed by atoms with Crippen LogP contribution in [0, 0.1) is 0 Å². The highest BCUT2D eigenvalue weighted by atomic mass is 32.2. The van der Waals surface area contributed by atoms with Gasteiger partial charge < -0.3 is 10.6 Å². The Hall–Kier alpha value is -1.78. The SMILES string of the molecule is O=C(NCC1NCCc2ccccc21)C1CSc2ccccc21. The van der Waals surface area contributed by atoms with Crippen LogP contribution in [-0.2, 0) is 11.2 Å². The van der Waals surface area contributed by atoms with E-state index in [1.54, 1.807) is 11.8 Å². The van der Waals surface area contributed by atoms with Gasteiger partial charge >= 0.3 is 0 Å². The van der Waals surface area contributed by atoms with E-state index in [0.29, 0.717) is 6.54 Å². The second-order valence-corrected chi connectivity index (χ2v) is 7.16. The second kappa shape index (κ2) is 6.38. The summed E-state index contributed by atoms with van der Waals surface area (Å²) in [6.45, 7) is 1.62. The third-order valence-electron chi connectivity index (χ3n) is 4.71. The summed E-state index contributed by atoms with van der Waals surface area (Å²) in [5, 5.41) is 6.68. The Labute approximate surface area is 140 Å². The van der Waals surface area contributed by atoms with E-state index in [0.717, 1.165) is 18.7 Å². The monoisotopic (exact) mass is 324 g/mol. The fraction of sp³-hybridized carbons (Fsp3) is 0.316. The molecule has 118 valence electrons. The largest absolute Gasteiger partial charge is 0.354 e. The lowest BCUT2D eigenvalue weighted by Crippen LogP contribution is -2.40. The molecule has 2 unspecified atom stereocenters. The molecular weight excluding hydrogens is 304 g/mol. The van der Waals surface area contributed by atoms with Crippen LogP contribution in [0.5, 0.6) is 0 Å². The Kier molecular flexibility index (Phi) is 4.10. The summed E-state index contributed by atoms with van der Waals surface area (Å²) in [4.78, 5) is 13.9. The summed E-state index contributed by atoms with van der Waals surface area (Å²) < 4.78 is 0. The first kappa shape index (κ1) is 14.8. The first-order valence-electron chi connectivity index (χ1n) is 8.13. The molecule has 0 radical (unpaired) electrons. The third-order valence-corrected chi connectivity index (χ3v) is 5.90. The highest BCUT2D eigenvalue weighted by molar-refractivity contribution is 7.99. The van der Waals surface area contributed by atoms with Crippen molar-refractivity contribution in [2.24, 2.45) is 0 Å². The average Bonchev–Trinajstić information content (AvgIpc) is 3.04. The Morgan fingerprint density at radius 1 is 1.13 bits per heavy atom. The van der Waals surface area contributed by atoms with Gasteiger partial charge in [-0.25, -0.2) is 0 Å². The van der Waals surface area contributed by atoms with Crippen LogP contribution in [0.25, 0.3) is 0 Å². The molecule has 0 spiro atoms. The topological polar surface area (TPSA) is 41.1 Å². The van der Waals surface area contributed by atoms with Gasteiger partial charge in [0.15, 0.2) is 0 Å². The molecule has 0 saturated heterocycles. The van der Waals surface area contributed by atoms with Gasteiger partial charge in [0.25, 0.3) is 0 Å². The summed E-state index contributed by atoms with van der Waals surface area (Å²) >= 11 is 1.78. The molecule has 3 nitrogen and oxygen atoms in total. The highest BCUT2D eigenvalue weighted by Crippen LogP contribution is 2.39. The van der Waals surface area contributed by atoms with E-state index in [1.807, 2.05) is 12.1 Å². The van der Waals surface area contributed by atoms with Crippen molar-refractivity contribution in [3.63, 3.8) is 0 Å². The summed E-state index contributed by atoms with van der Waals surface area (Å²) in [5.41, 5.74) is 3.89. The fourth-order valence-corrected chi connectivity index (χ4v) is 4.71. The molecule has 4 heteroatoms. The molecule has 0 aliphatic carbocycles. The molecule has 2 aromatic carbocycles. The lowest BCUT2D eigenvalue weighted by molar-refractivity contribution is -0.122. The predicted molar refractivity (Wildman–Crippen MR) is 93.8 cm³/mol. The zero-order valence-electron chi connectivity index (χ0n) is 12.9. The van der Waals surface area contributed by atoms with Gasteiger partial charge in [-0.15, -0.1) is 11.8 Å². The summed E-state index contributed by atoms with van der Waals surface area (Å²) in [5.74, 6) is 0.974. The highest BCUT2D eigenvalue weighted by Gasteiger charge is 2.29. The zero-order valence-corrected chi connectivity index (χ0v) is 13.7. The second-order valence-electron chi connectivity index (χ2n) is 6.10. The van der Waals surface area contributed by atoms with Crippen molar-refractivity contribution in [3.8, 4) is 0 Å². The van der Waals surface area contributed by atoms with Crippen molar-refractivity contribution in [3.05, 3.63) is 65.2 Å². The zero-order chi connectivity index (χ0) is 15.6. The maximum Gasteiger partial charge on any atom is 0.228 e. The molecule has 2 heterocycles. The number of hydrogen-bond donors (Lipinski definition) is 2. The third kappa shape index (κ3) is 2.89. The molecule has 2 N–H and O–H groups in total. The number of fused-ring (bicyclic) bond motifs is 2. The van der Waals surface area contributed by atoms with Crippen LogP contribution in [0.2, 0.25) is 0 Å². The van der Waals surface area contributed by atoms with Gasteiger partial charge in [-0.05, 0) is 35.7 Å². The van der Waals surface area contributed by atoms with Gasteiger partial charge in [0, 0.05) is 23.2 Å². The summed E-state index contributed by atoms with van der Waals surface area (Å²) in [6, 6.07) is 17.0. The molecule has 2 aliphatic rings. The van der Waals surface area contributed by atoms with Crippen LogP contribution in [0.3, 0.4) is 0 Å². The van der Waals surface area contributed by atoms with Gasteiger partial charge in [-0.2, -0.15) is 0 Å². The fourth-order valence-electron chi connectivity index (χ4n) is 3.48. The maximum absolute atomic E-state index is 12.6. The Morgan fingerprint density at radius 2 is 1.91 bits per heavy atom. The normalized spacial score (nSPS) is 22.3. The molecular formula is C19H20N2OS. The van der Waals surface area contributed by atoms with Crippen LogP contribution >= 0.6 is 11.8 Å². The van der Waals surface area contributed by atoms with Crippen molar-refractivity contribution in [2.45, 2.75) is 23.3 Å². The van der Waals surface area contributed by atoms with Crippen LogP contribution in [0.1, 0.15) is 28.7 Å². The van der Waals surface area contributed by atoms with Crippen molar-refractivity contribution < 1.29 is 4.79 Å². The molecule has 0 fully saturated rings. The number of hydrogen-bond acceptors (Lipinski definition) is 3. The van der Waals surface area contributed by atoms with E-state index < -0.39 is 0 Å². The molecule has 4 rings (SSSR count). The van der Waals surface area contributed by atoms with E-state index in [4.69, 9.17) is 0 Å². The van der Waals surface area contributed by atoms with Gasteiger partial charge in [-0.1, -0.05) is 42.5 Å². The minimum Gasteiger partial charge on any atom is -0.354 e. The predicted octanol–water partition coefficient (Wildman–Crippen LogP) is 2.88. The number of carbonyl (C=O) groups is 1. The molecule has 1 amide bonds. The van der Waals surface area contributed by atoms with E-state index >= 15 is 0 Å². The number of thioether (sulfide) groups is 1. The first-order chi connectivity index (χ1) is 11.3. The Morgan fingerprint density at radius 3 is 2.83 bits per heavy atom. The standard InChI is InChI=1S/C19H20N2OS/c22-19(16-12-23-18-8-4-3-7-15(16)18)21-11-17-14-6-2-1-5-13(14)9-10-20-17/h1-8,16-17,20H,9-12H2,(H,21,22). The van der Waals surface area contributed by atoms with Gasteiger partial charge in [-0.3, -0.25) is 4.79 Å². The van der Waals surface area contributed by atoms with Crippen LogP contribution in [-0.4, -0.2) is 24.7 Å². The molecule has 2 aliphatic heterocycles. The van der Waals surface area contributed by atoms with Crippen LogP contribution in [0.15, 0.2) is 53.4 Å². The number of rotatable bonds is 3. The number of carbonyl (C=O) groups excluding carboxylic acids is 1. The number of amides is 1. The molecule has 0 saturated carbocycles. The van der Waals surface area contributed by atoms with Gasteiger partial charge in [0.1, 0.15) is 0 Å². The molecule has 0 aromatic heterocycles. The van der Waals surface area contributed by atoms with Gasteiger partial charge in [0.2, 0.25) is 5.91 Å². The average molecular weight is 324 g/mol. The number of nitrogens with one attached hydrogen (secondary N) is 2. The van der Waals surface area contributed by atoms with E-state index in [9.17, 15) is 4.79 Å². The van der Waals surface area contributed by atoms with Gasteiger partial charge in [0.05, 0.1) is 5.92 Å². The smallest absolute Gasteiger partial charge is 0.228 e. The Balaban J connectivity index is 1.44. The summed E-state index contributed by atoms with van der Waals surface area (Å²) in [6.07, 6.45) is 1.06. The van der Waals surface area contributed by atoms with E-state index in [2.05, 4.69) is 47.0 Å². The number of benzene rings is 2. The lowest BCUT2D eigenvalue weighted by atomic mass is 9.94. The van der Waals surface area contributed by atoms with Crippen LogP contribution < -0.4 is 10.6 Å². The van der Waals surface area contributed by atoms with E-state index in [-0.39, 0.29) is 17.9 Å².